The molecule has 23 heavy (non-hydrogen) atoms. The maximum atomic E-state index is 12.6. The summed E-state index contributed by atoms with van der Waals surface area (Å²) in [5, 5.41) is 0. The molecule has 0 saturated carbocycles. The van der Waals surface area contributed by atoms with E-state index >= 15 is 0 Å². The Morgan fingerprint density at radius 2 is 1.74 bits per heavy atom. The van der Waals surface area contributed by atoms with Gasteiger partial charge in [-0.25, -0.2) is 0 Å². The number of hydrogen-bond donors (Lipinski definition) is 0. The van der Waals surface area contributed by atoms with E-state index in [0.29, 0.717) is 26.1 Å². The molecule has 0 amide bonds. The van der Waals surface area contributed by atoms with Crippen LogP contribution in [-0.4, -0.2) is 24.9 Å². The molecule has 0 radical (unpaired) electrons. The minimum atomic E-state index is -4.50. The zero-order valence-corrected chi connectivity index (χ0v) is 13.3. The quantitative estimate of drug-likeness (QED) is 0.462. The second-order valence-electron chi connectivity index (χ2n) is 5.38. The summed E-state index contributed by atoms with van der Waals surface area (Å²) >= 11 is 0. The molecule has 0 unspecified atom stereocenters. The van der Waals surface area contributed by atoms with Crippen LogP contribution in [0.5, 0.6) is 0 Å². The van der Waals surface area contributed by atoms with Gasteiger partial charge in [-0.15, -0.1) is 0 Å². The van der Waals surface area contributed by atoms with Crippen LogP contribution in [0.25, 0.3) is 0 Å². The van der Waals surface area contributed by atoms with Crippen molar-refractivity contribution in [2.45, 2.75) is 57.9 Å². The summed E-state index contributed by atoms with van der Waals surface area (Å²) in [5.41, 5.74) is 1.10. The molecule has 0 bridgehead atoms. The Balaban J connectivity index is 2.06. The molecular weight excluding hydrogens is 309 g/mol. The minimum absolute atomic E-state index is 0.187. The predicted octanol–water partition coefficient (Wildman–Crippen LogP) is 4.65. The summed E-state index contributed by atoms with van der Waals surface area (Å²) in [5.74, 6) is -0.901. The molecule has 0 aliphatic heterocycles. The lowest BCUT2D eigenvalue weighted by molar-refractivity contribution is -0.221. The normalized spacial score (nSPS) is 12.9. The number of hydrogen-bond acceptors (Lipinski definition) is 3. The topological polar surface area (TPSA) is 35.5 Å². The van der Waals surface area contributed by atoms with E-state index in [0.717, 1.165) is 25.3 Å². The summed E-state index contributed by atoms with van der Waals surface area (Å²) in [6.45, 7) is 2.12. The number of alkyl halides is 3. The van der Waals surface area contributed by atoms with Crippen LogP contribution >= 0.6 is 0 Å². The summed E-state index contributed by atoms with van der Waals surface area (Å²) in [7, 11) is 0. The first-order valence-electron chi connectivity index (χ1n) is 7.75. The molecule has 1 aromatic rings. The van der Waals surface area contributed by atoms with Gasteiger partial charge in [0.05, 0.1) is 6.61 Å². The molecule has 0 heterocycles. The van der Waals surface area contributed by atoms with E-state index in [1.54, 1.807) is 0 Å². The first kappa shape index (κ1) is 19.5. The van der Waals surface area contributed by atoms with Gasteiger partial charge in [0.15, 0.2) is 6.10 Å². The number of unbranched alkanes of at least 4 members (excludes halogenated alkanes) is 3. The number of carbonyl (C=O) groups is 1. The van der Waals surface area contributed by atoms with Crippen LogP contribution in [-0.2, 0) is 20.9 Å². The third kappa shape index (κ3) is 9.23. The first-order valence-corrected chi connectivity index (χ1v) is 7.75. The summed E-state index contributed by atoms with van der Waals surface area (Å²) in [6.07, 6.45) is -4.05. The predicted molar refractivity (Wildman–Crippen MR) is 80.8 cm³/mol. The highest BCUT2D eigenvalue weighted by molar-refractivity contribution is 5.66. The number of ether oxygens (including phenoxy) is 2. The van der Waals surface area contributed by atoms with Crippen LogP contribution in [0.2, 0.25) is 0 Å². The third-order valence-electron chi connectivity index (χ3n) is 3.29. The minimum Gasteiger partial charge on any atom is -0.453 e. The van der Waals surface area contributed by atoms with Gasteiger partial charge < -0.3 is 9.47 Å². The largest absolute Gasteiger partial charge is 0.453 e. The zero-order valence-electron chi connectivity index (χ0n) is 13.3. The maximum Gasteiger partial charge on any atom is 0.425 e. The number of esters is 1. The van der Waals surface area contributed by atoms with Crippen molar-refractivity contribution in [1.29, 1.82) is 0 Å². The first-order chi connectivity index (χ1) is 10.9. The number of carbonyl (C=O) groups excluding carboxylic acids is 1. The standard InChI is InChI=1S/C17H23F3O3/c1-14(21)23-16(17(18,19)20)11-7-2-3-8-12-22-13-15-9-5-4-6-10-15/h4-6,9-10,16H,2-3,7-8,11-13H2,1H3/t16-/m0/s1. The summed E-state index contributed by atoms with van der Waals surface area (Å²) in [4.78, 5) is 10.7. The Kier molecular flexibility index (Phi) is 8.69. The van der Waals surface area contributed by atoms with Gasteiger partial charge in [0.2, 0.25) is 0 Å². The van der Waals surface area contributed by atoms with Gasteiger partial charge in [-0.2, -0.15) is 13.2 Å². The Labute approximate surface area is 134 Å². The Morgan fingerprint density at radius 3 is 2.35 bits per heavy atom. The average Bonchev–Trinajstić information content (AvgIpc) is 2.48. The van der Waals surface area contributed by atoms with Gasteiger partial charge >= 0.3 is 12.1 Å². The van der Waals surface area contributed by atoms with E-state index in [9.17, 15) is 18.0 Å². The van der Waals surface area contributed by atoms with Crippen molar-refractivity contribution in [3.63, 3.8) is 0 Å². The Bertz CT molecular complexity index is 446. The van der Waals surface area contributed by atoms with Crippen molar-refractivity contribution in [1.82, 2.24) is 0 Å². The van der Waals surface area contributed by atoms with Crippen LogP contribution in [0.3, 0.4) is 0 Å². The molecule has 1 rings (SSSR count). The second kappa shape index (κ2) is 10.3. The molecule has 0 aliphatic rings. The number of rotatable bonds is 10. The molecule has 1 aromatic carbocycles. The van der Waals surface area contributed by atoms with Gasteiger partial charge in [0.25, 0.3) is 0 Å². The van der Waals surface area contributed by atoms with Crippen molar-refractivity contribution >= 4 is 5.97 Å². The molecule has 0 aliphatic carbocycles. The van der Waals surface area contributed by atoms with Crippen LogP contribution in [0.4, 0.5) is 13.2 Å². The lowest BCUT2D eigenvalue weighted by atomic mass is 10.1. The Hall–Kier alpha value is -1.56. The molecule has 0 saturated heterocycles. The van der Waals surface area contributed by atoms with Crippen molar-refractivity contribution in [3.8, 4) is 0 Å². The van der Waals surface area contributed by atoms with Crippen molar-refractivity contribution in [2.24, 2.45) is 0 Å². The number of benzene rings is 1. The smallest absolute Gasteiger partial charge is 0.425 e. The lowest BCUT2D eigenvalue weighted by Gasteiger charge is -2.19. The molecule has 3 nitrogen and oxygen atoms in total. The average molecular weight is 332 g/mol. The van der Waals surface area contributed by atoms with Gasteiger partial charge in [-0.1, -0.05) is 43.2 Å². The molecule has 130 valence electrons. The second-order valence-corrected chi connectivity index (χ2v) is 5.38. The monoisotopic (exact) mass is 332 g/mol. The fraction of sp³-hybridized carbons (Fsp3) is 0.588. The molecule has 0 fully saturated rings. The van der Waals surface area contributed by atoms with Crippen molar-refractivity contribution in [2.75, 3.05) is 6.61 Å². The highest BCUT2D eigenvalue weighted by atomic mass is 19.4. The number of halogens is 3. The van der Waals surface area contributed by atoms with Crippen LogP contribution < -0.4 is 0 Å². The van der Waals surface area contributed by atoms with Crippen LogP contribution in [0.1, 0.15) is 44.6 Å². The van der Waals surface area contributed by atoms with E-state index in [1.807, 2.05) is 30.3 Å². The summed E-state index contributed by atoms with van der Waals surface area (Å²) < 4.78 is 47.7. The Morgan fingerprint density at radius 1 is 1.09 bits per heavy atom. The molecule has 0 N–H and O–H groups in total. The van der Waals surface area contributed by atoms with Crippen molar-refractivity contribution in [3.05, 3.63) is 35.9 Å². The zero-order chi connectivity index (χ0) is 17.1. The van der Waals surface area contributed by atoms with Gasteiger partial charge in [0, 0.05) is 13.5 Å². The van der Waals surface area contributed by atoms with E-state index in [4.69, 9.17) is 4.74 Å². The van der Waals surface area contributed by atoms with E-state index < -0.39 is 18.2 Å². The third-order valence-corrected chi connectivity index (χ3v) is 3.29. The maximum absolute atomic E-state index is 12.6. The van der Waals surface area contributed by atoms with Gasteiger partial charge in [-0.3, -0.25) is 4.79 Å². The van der Waals surface area contributed by atoms with E-state index in [-0.39, 0.29) is 6.42 Å². The SMILES string of the molecule is CC(=O)O[C@@H](CCCCCCOCc1ccccc1)C(F)(F)F. The van der Waals surface area contributed by atoms with E-state index in [2.05, 4.69) is 4.74 Å². The lowest BCUT2D eigenvalue weighted by Crippen LogP contribution is -2.33. The fourth-order valence-electron chi connectivity index (χ4n) is 2.14. The fourth-order valence-corrected chi connectivity index (χ4v) is 2.14. The van der Waals surface area contributed by atoms with Crippen LogP contribution in [0, 0.1) is 0 Å². The highest BCUT2D eigenvalue weighted by Crippen LogP contribution is 2.27. The highest BCUT2D eigenvalue weighted by Gasteiger charge is 2.41. The van der Waals surface area contributed by atoms with Gasteiger partial charge in [0.1, 0.15) is 0 Å². The van der Waals surface area contributed by atoms with E-state index in [1.165, 1.54) is 0 Å². The molecule has 0 aromatic heterocycles. The molecular formula is C17H23F3O3. The summed E-state index contributed by atoms with van der Waals surface area (Å²) in [6, 6.07) is 9.78. The molecule has 1 atom stereocenters. The van der Waals surface area contributed by atoms with Crippen molar-refractivity contribution < 1.29 is 27.4 Å². The molecule has 6 heteroatoms. The molecule has 0 spiro atoms. The van der Waals surface area contributed by atoms with Gasteiger partial charge in [-0.05, 0) is 24.8 Å². The van der Waals surface area contributed by atoms with Crippen LogP contribution in [0.15, 0.2) is 30.3 Å².